The van der Waals surface area contributed by atoms with E-state index in [1.807, 2.05) is 30.3 Å². The number of carboxylic acid groups (broad SMARTS) is 1. The minimum Gasteiger partial charge on any atom is -0.481 e. The minimum atomic E-state index is -1.00. The zero-order valence-electron chi connectivity index (χ0n) is 17.3. The van der Waals surface area contributed by atoms with E-state index in [1.165, 1.54) is 5.56 Å². The van der Waals surface area contributed by atoms with E-state index in [1.54, 1.807) is 19.1 Å². The molecule has 3 unspecified atom stereocenters. The Hall–Kier alpha value is -1.95. The van der Waals surface area contributed by atoms with E-state index < -0.39 is 23.8 Å². The molecule has 5 nitrogen and oxygen atoms in total. The highest BCUT2D eigenvalue weighted by Crippen LogP contribution is 2.32. The fourth-order valence-electron chi connectivity index (χ4n) is 3.76. The number of hydrogen-bond donors (Lipinski definition) is 4. The number of unbranched alkanes of at least 4 members (excludes halogenated alkanes) is 3. The SMILES string of the molecule is CC(O)(C=CC1=C(CCCCCCC(=O)O)C(O)CC1O)CCc1ccccc1. The summed E-state index contributed by atoms with van der Waals surface area (Å²) in [6.45, 7) is 1.76. The van der Waals surface area contributed by atoms with E-state index in [0.29, 0.717) is 31.3 Å². The molecule has 1 aromatic carbocycles. The second kappa shape index (κ2) is 11.3. The molecular formula is C24H34O5. The molecule has 0 saturated heterocycles. The van der Waals surface area contributed by atoms with Crippen LogP contribution in [0.5, 0.6) is 0 Å². The van der Waals surface area contributed by atoms with Gasteiger partial charge in [0.2, 0.25) is 0 Å². The molecule has 1 aromatic rings. The number of aliphatic hydroxyl groups excluding tert-OH is 2. The van der Waals surface area contributed by atoms with E-state index >= 15 is 0 Å². The Morgan fingerprint density at radius 2 is 1.76 bits per heavy atom. The smallest absolute Gasteiger partial charge is 0.303 e. The van der Waals surface area contributed by atoms with E-state index in [9.17, 15) is 20.1 Å². The van der Waals surface area contributed by atoms with Crippen LogP contribution in [-0.4, -0.2) is 44.2 Å². The summed E-state index contributed by atoms with van der Waals surface area (Å²) in [5.41, 5.74) is 1.71. The van der Waals surface area contributed by atoms with E-state index in [0.717, 1.165) is 31.3 Å². The van der Waals surface area contributed by atoms with Gasteiger partial charge in [-0.2, -0.15) is 0 Å². The topological polar surface area (TPSA) is 98.0 Å². The Bertz CT molecular complexity index is 705. The number of benzene rings is 1. The van der Waals surface area contributed by atoms with Gasteiger partial charge in [0.25, 0.3) is 0 Å². The summed E-state index contributed by atoms with van der Waals surface area (Å²) in [5, 5.41) is 40.0. The van der Waals surface area contributed by atoms with Gasteiger partial charge in [0.1, 0.15) is 0 Å². The molecule has 0 fully saturated rings. The molecule has 5 heteroatoms. The van der Waals surface area contributed by atoms with Gasteiger partial charge in [0.15, 0.2) is 0 Å². The van der Waals surface area contributed by atoms with Crippen LogP contribution in [0, 0.1) is 0 Å². The summed E-state index contributed by atoms with van der Waals surface area (Å²) in [5.74, 6) is -0.770. The van der Waals surface area contributed by atoms with Gasteiger partial charge < -0.3 is 20.4 Å². The van der Waals surface area contributed by atoms with Crippen LogP contribution in [-0.2, 0) is 11.2 Å². The van der Waals surface area contributed by atoms with Crippen molar-refractivity contribution in [2.75, 3.05) is 0 Å². The molecule has 0 aliphatic heterocycles. The quantitative estimate of drug-likeness (QED) is 0.399. The first-order chi connectivity index (χ1) is 13.8. The van der Waals surface area contributed by atoms with Crippen molar-refractivity contribution in [3.63, 3.8) is 0 Å². The van der Waals surface area contributed by atoms with Crippen molar-refractivity contribution in [1.82, 2.24) is 0 Å². The van der Waals surface area contributed by atoms with Gasteiger partial charge in [-0.25, -0.2) is 0 Å². The molecule has 0 aromatic heterocycles. The Balaban J connectivity index is 1.91. The van der Waals surface area contributed by atoms with Crippen molar-refractivity contribution >= 4 is 5.97 Å². The van der Waals surface area contributed by atoms with Crippen LogP contribution in [0.15, 0.2) is 53.6 Å². The molecular weight excluding hydrogens is 368 g/mol. The van der Waals surface area contributed by atoms with Crippen molar-refractivity contribution in [3.05, 3.63) is 59.2 Å². The lowest BCUT2D eigenvalue weighted by Gasteiger charge is -2.19. The van der Waals surface area contributed by atoms with Gasteiger partial charge in [-0.3, -0.25) is 4.79 Å². The van der Waals surface area contributed by atoms with Crippen LogP contribution in [0.3, 0.4) is 0 Å². The average molecular weight is 403 g/mol. The number of carbonyl (C=O) groups is 1. The molecule has 4 N–H and O–H groups in total. The molecule has 160 valence electrons. The van der Waals surface area contributed by atoms with E-state index in [-0.39, 0.29) is 6.42 Å². The first kappa shape index (κ1) is 23.3. The molecule has 1 aliphatic rings. The highest BCUT2D eigenvalue weighted by Gasteiger charge is 2.29. The van der Waals surface area contributed by atoms with Crippen LogP contribution >= 0.6 is 0 Å². The van der Waals surface area contributed by atoms with E-state index in [4.69, 9.17) is 5.11 Å². The van der Waals surface area contributed by atoms with Crippen molar-refractivity contribution in [1.29, 1.82) is 0 Å². The standard InChI is InChI=1S/C24H34O5/c1-24(29,15-13-18-9-5-4-6-10-18)16-14-20-19(21(25)17-22(20)26)11-7-2-3-8-12-23(27)28/h4-6,9-10,14,16,21-22,25-26,29H,2-3,7-8,11-13,15,17H2,1H3,(H,27,28). The predicted octanol–water partition coefficient (Wildman–Crippen LogP) is 3.77. The van der Waals surface area contributed by atoms with Crippen molar-refractivity contribution in [3.8, 4) is 0 Å². The number of aryl methyl sites for hydroxylation is 1. The van der Waals surface area contributed by atoms with Crippen molar-refractivity contribution < 1.29 is 25.2 Å². The molecule has 0 spiro atoms. The van der Waals surface area contributed by atoms with Crippen molar-refractivity contribution in [2.45, 2.75) is 82.5 Å². The highest BCUT2D eigenvalue weighted by molar-refractivity contribution is 5.66. The second-order valence-electron chi connectivity index (χ2n) is 8.23. The Kier molecular flexibility index (Phi) is 9.08. The molecule has 3 atom stereocenters. The summed E-state index contributed by atoms with van der Waals surface area (Å²) >= 11 is 0. The number of rotatable bonds is 12. The Morgan fingerprint density at radius 3 is 2.45 bits per heavy atom. The maximum absolute atomic E-state index is 10.7. The van der Waals surface area contributed by atoms with Crippen LogP contribution in [0.2, 0.25) is 0 Å². The van der Waals surface area contributed by atoms with Crippen LogP contribution < -0.4 is 0 Å². The fourth-order valence-corrected chi connectivity index (χ4v) is 3.76. The Labute approximate surface area is 173 Å². The third-order valence-corrected chi connectivity index (χ3v) is 5.55. The first-order valence-corrected chi connectivity index (χ1v) is 10.5. The van der Waals surface area contributed by atoms with Crippen LogP contribution in [0.25, 0.3) is 0 Å². The normalized spacial score (nSPS) is 21.7. The summed E-state index contributed by atoms with van der Waals surface area (Å²) in [6, 6.07) is 10.0. The largest absolute Gasteiger partial charge is 0.481 e. The monoisotopic (exact) mass is 402 g/mol. The molecule has 1 aliphatic carbocycles. The van der Waals surface area contributed by atoms with Gasteiger partial charge in [-0.05, 0) is 55.7 Å². The second-order valence-corrected chi connectivity index (χ2v) is 8.23. The summed E-state index contributed by atoms with van der Waals surface area (Å²) in [7, 11) is 0. The zero-order valence-corrected chi connectivity index (χ0v) is 17.3. The third kappa shape index (κ3) is 8.13. The molecule has 0 amide bonds. The van der Waals surface area contributed by atoms with Gasteiger partial charge >= 0.3 is 5.97 Å². The summed E-state index contributed by atoms with van der Waals surface area (Å²) < 4.78 is 0. The maximum Gasteiger partial charge on any atom is 0.303 e. The zero-order chi connectivity index (χ0) is 21.3. The highest BCUT2D eigenvalue weighted by atomic mass is 16.4. The Morgan fingerprint density at radius 1 is 1.07 bits per heavy atom. The third-order valence-electron chi connectivity index (χ3n) is 5.55. The number of aliphatic hydroxyl groups is 3. The fraction of sp³-hybridized carbons (Fsp3) is 0.542. The lowest BCUT2D eigenvalue weighted by molar-refractivity contribution is -0.137. The lowest BCUT2D eigenvalue weighted by atomic mass is 9.94. The van der Waals surface area contributed by atoms with Gasteiger partial charge in [-0.15, -0.1) is 0 Å². The molecule has 0 saturated carbocycles. The average Bonchev–Trinajstić information content (AvgIpc) is 2.94. The predicted molar refractivity (Wildman–Crippen MR) is 114 cm³/mol. The van der Waals surface area contributed by atoms with Gasteiger partial charge in [0, 0.05) is 12.8 Å². The van der Waals surface area contributed by atoms with E-state index in [2.05, 4.69) is 0 Å². The molecule has 29 heavy (non-hydrogen) atoms. The molecule has 0 heterocycles. The van der Waals surface area contributed by atoms with Gasteiger partial charge in [-0.1, -0.05) is 55.3 Å². The molecule has 0 radical (unpaired) electrons. The summed E-state index contributed by atoms with van der Waals surface area (Å²) in [6.07, 6.45) is 7.86. The first-order valence-electron chi connectivity index (χ1n) is 10.5. The molecule has 0 bridgehead atoms. The van der Waals surface area contributed by atoms with Crippen molar-refractivity contribution in [2.24, 2.45) is 0 Å². The van der Waals surface area contributed by atoms with Crippen LogP contribution in [0.4, 0.5) is 0 Å². The minimum absolute atomic E-state index is 0.191. The lowest BCUT2D eigenvalue weighted by Crippen LogP contribution is -2.22. The van der Waals surface area contributed by atoms with Gasteiger partial charge in [0.05, 0.1) is 17.8 Å². The summed E-state index contributed by atoms with van der Waals surface area (Å²) in [4.78, 5) is 10.5. The number of aliphatic carboxylic acids is 1. The number of hydrogen-bond acceptors (Lipinski definition) is 4. The molecule has 2 rings (SSSR count). The number of carboxylic acids is 1. The maximum atomic E-state index is 10.7. The van der Waals surface area contributed by atoms with Crippen LogP contribution in [0.1, 0.15) is 63.9 Å².